The van der Waals surface area contributed by atoms with Crippen molar-refractivity contribution in [2.75, 3.05) is 24.6 Å². The summed E-state index contributed by atoms with van der Waals surface area (Å²) in [6.07, 6.45) is 5.07. The Morgan fingerprint density at radius 1 is 1.45 bits per heavy atom. The summed E-state index contributed by atoms with van der Waals surface area (Å²) in [5, 5.41) is 8.73. The molecule has 0 aromatic heterocycles. The first-order valence-corrected chi connectivity index (χ1v) is 6.25. The largest absolute Gasteiger partial charge is 0.481 e. The topological polar surface area (TPSA) is 66.8 Å². The molecule has 0 aliphatic rings. The molecule has 0 aliphatic heterocycles. The third kappa shape index (κ3) is 4.65. The number of ether oxygens (including phenoxy) is 1. The van der Waals surface area contributed by atoms with Crippen molar-refractivity contribution in [1.82, 2.24) is 0 Å². The van der Waals surface area contributed by atoms with E-state index >= 15 is 0 Å². The lowest BCUT2D eigenvalue weighted by Crippen LogP contribution is -2.26. The molecule has 1 N–H and O–H groups in total. The molecule has 1 aromatic carbocycles. The minimum absolute atomic E-state index is 0.0413. The van der Waals surface area contributed by atoms with Gasteiger partial charge in [-0.1, -0.05) is 12.0 Å². The Labute approximate surface area is 118 Å². The predicted molar refractivity (Wildman–Crippen MR) is 75.7 cm³/mol. The van der Waals surface area contributed by atoms with Crippen LogP contribution in [0.5, 0.6) is 0 Å². The SMILES string of the molecule is C#CCOC(=O)c1cccc(N(CC)CCC(=O)O)c1. The van der Waals surface area contributed by atoms with Crippen molar-refractivity contribution in [2.45, 2.75) is 13.3 Å². The maximum absolute atomic E-state index is 11.7. The fraction of sp³-hybridized carbons (Fsp3) is 0.333. The first kappa shape index (κ1) is 15.6. The minimum atomic E-state index is -0.854. The highest BCUT2D eigenvalue weighted by atomic mass is 16.5. The van der Waals surface area contributed by atoms with Gasteiger partial charge in [-0.05, 0) is 25.1 Å². The van der Waals surface area contributed by atoms with E-state index in [2.05, 4.69) is 5.92 Å². The maximum Gasteiger partial charge on any atom is 0.339 e. The quantitative estimate of drug-likeness (QED) is 0.607. The van der Waals surface area contributed by atoms with Crippen LogP contribution in [0.2, 0.25) is 0 Å². The summed E-state index contributed by atoms with van der Waals surface area (Å²) in [4.78, 5) is 24.2. The number of carbonyl (C=O) groups is 2. The van der Waals surface area contributed by atoms with Gasteiger partial charge in [0, 0.05) is 18.8 Å². The van der Waals surface area contributed by atoms with Gasteiger partial charge in [-0.15, -0.1) is 6.42 Å². The van der Waals surface area contributed by atoms with Crippen molar-refractivity contribution >= 4 is 17.6 Å². The highest BCUT2D eigenvalue weighted by molar-refractivity contribution is 5.90. The number of anilines is 1. The number of nitrogens with zero attached hydrogens (tertiary/aromatic N) is 1. The van der Waals surface area contributed by atoms with Crippen LogP contribution >= 0.6 is 0 Å². The number of hydrogen-bond donors (Lipinski definition) is 1. The minimum Gasteiger partial charge on any atom is -0.481 e. The molecule has 0 atom stereocenters. The molecule has 5 nitrogen and oxygen atoms in total. The van der Waals surface area contributed by atoms with Gasteiger partial charge in [0.2, 0.25) is 0 Å². The maximum atomic E-state index is 11.7. The molecule has 1 aromatic rings. The molecule has 0 amide bonds. The van der Waals surface area contributed by atoms with Crippen LogP contribution in [0.3, 0.4) is 0 Å². The second-order valence-electron chi connectivity index (χ2n) is 4.05. The Bertz CT molecular complexity index is 519. The monoisotopic (exact) mass is 275 g/mol. The third-order valence-electron chi connectivity index (χ3n) is 2.71. The molecule has 0 bridgehead atoms. The zero-order valence-corrected chi connectivity index (χ0v) is 11.3. The summed E-state index contributed by atoms with van der Waals surface area (Å²) < 4.78 is 4.86. The standard InChI is InChI=1S/C15H17NO4/c1-3-10-20-15(19)12-6-5-7-13(11-12)16(4-2)9-8-14(17)18/h1,5-7,11H,4,8-10H2,2H3,(H,17,18). The highest BCUT2D eigenvalue weighted by Crippen LogP contribution is 2.17. The zero-order chi connectivity index (χ0) is 15.0. The van der Waals surface area contributed by atoms with Crippen LogP contribution in [-0.4, -0.2) is 36.7 Å². The molecule has 0 aliphatic carbocycles. The Morgan fingerprint density at radius 2 is 2.20 bits per heavy atom. The Hall–Kier alpha value is -2.48. The number of esters is 1. The van der Waals surface area contributed by atoms with Crippen molar-refractivity contribution in [2.24, 2.45) is 0 Å². The molecular weight excluding hydrogens is 258 g/mol. The van der Waals surface area contributed by atoms with Crippen LogP contribution in [0, 0.1) is 12.3 Å². The van der Waals surface area contributed by atoms with Gasteiger partial charge in [0.05, 0.1) is 12.0 Å². The number of terminal acetylenes is 1. The van der Waals surface area contributed by atoms with E-state index in [-0.39, 0.29) is 13.0 Å². The van der Waals surface area contributed by atoms with E-state index in [1.165, 1.54) is 0 Å². The molecule has 0 saturated heterocycles. The number of hydrogen-bond acceptors (Lipinski definition) is 4. The van der Waals surface area contributed by atoms with Crippen molar-refractivity contribution in [3.63, 3.8) is 0 Å². The van der Waals surface area contributed by atoms with Crippen LogP contribution in [0.25, 0.3) is 0 Å². The summed E-state index contributed by atoms with van der Waals surface area (Å²) in [7, 11) is 0. The Kier molecular flexibility index (Phi) is 6.11. The van der Waals surface area contributed by atoms with Crippen LogP contribution in [-0.2, 0) is 9.53 Å². The van der Waals surface area contributed by atoms with E-state index in [9.17, 15) is 9.59 Å². The number of rotatable bonds is 7. The second-order valence-corrected chi connectivity index (χ2v) is 4.05. The van der Waals surface area contributed by atoms with Crippen molar-refractivity contribution in [3.05, 3.63) is 29.8 Å². The van der Waals surface area contributed by atoms with Gasteiger partial charge in [0.1, 0.15) is 0 Å². The number of carboxylic acids is 1. The second kappa shape index (κ2) is 7.85. The summed E-state index contributed by atoms with van der Waals surface area (Å²) in [5.74, 6) is 0.890. The number of carbonyl (C=O) groups excluding carboxylic acids is 1. The summed E-state index contributed by atoms with van der Waals surface area (Å²) in [5.41, 5.74) is 1.18. The first-order valence-electron chi connectivity index (χ1n) is 6.25. The van der Waals surface area contributed by atoms with Gasteiger partial charge in [-0.3, -0.25) is 4.79 Å². The highest BCUT2D eigenvalue weighted by Gasteiger charge is 2.11. The number of aliphatic carboxylic acids is 1. The van der Waals surface area contributed by atoms with Gasteiger partial charge >= 0.3 is 11.9 Å². The molecule has 20 heavy (non-hydrogen) atoms. The smallest absolute Gasteiger partial charge is 0.339 e. The van der Waals surface area contributed by atoms with Gasteiger partial charge in [-0.25, -0.2) is 4.79 Å². The normalized spacial score (nSPS) is 9.60. The molecule has 0 saturated carbocycles. The number of carboxylic acid groups (broad SMARTS) is 1. The van der Waals surface area contributed by atoms with Crippen LogP contribution in [0.1, 0.15) is 23.7 Å². The van der Waals surface area contributed by atoms with Crippen LogP contribution in [0.4, 0.5) is 5.69 Å². The lowest BCUT2D eigenvalue weighted by molar-refractivity contribution is -0.136. The van der Waals surface area contributed by atoms with Gasteiger partial charge < -0.3 is 14.7 Å². The van der Waals surface area contributed by atoms with Crippen LogP contribution < -0.4 is 4.90 Å². The van der Waals surface area contributed by atoms with E-state index < -0.39 is 11.9 Å². The first-order chi connectivity index (χ1) is 9.58. The van der Waals surface area contributed by atoms with Crippen molar-refractivity contribution in [3.8, 4) is 12.3 Å². The molecule has 1 rings (SSSR count). The van der Waals surface area contributed by atoms with E-state index in [0.29, 0.717) is 18.7 Å². The fourth-order valence-electron chi connectivity index (χ4n) is 1.72. The summed E-state index contributed by atoms with van der Waals surface area (Å²) >= 11 is 0. The van der Waals surface area contributed by atoms with E-state index in [4.69, 9.17) is 16.3 Å². The average molecular weight is 275 g/mol. The predicted octanol–water partition coefficient (Wildman–Crippen LogP) is 1.78. The third-order valence-corrected chi connectivity index (χ3v) is 2.71. The van der Waals surface area contributed by atoms with Crippen molar-refractivity contribution < 1.29 is 19.4 Å². The zero-order valence-electron chi connectivity index (χ0n) is 11.3. The molecular formula is C15H17NO4. The van der Waals surface area contributed by atoms with Gasteiger partial charge in [0.25, 0.3) is 0 Å². The molecule has 0 unspecified atom stereocenters. The lowest BCUT2D eigenvalue weighted by atomic mass is 10.2. The Balaban J connectivity index is 2.82. The van der Waals surface area contributed by atoms with E-state index in [1.54, 1.807) is 18.2 Å². The summed E-state index contributed by atoms with van der Waals surface area (Å²) in [6, 6.07) is 6.85. The molecule has 0 spiro atoms. The van der Waals surface area contributed by atoms with Crippen molar-refractivity contribution in [1.29, 1.82) is 0 Å². The van der Waals surface area contributed by atoms with Crippen LogP contribution in [0.15, 0.2) is 24.3 Å². The lowest BCUT2D eigenvalue weighted by Gasteiger charge is -2.22. The average Bonchev–Trinajstić information content (AvgIpc) is 2.45. The molecule has 0 radical (unpaired) electrons. The fourth-order valence-corrected chi connectivity index (χ4v) is 1.72. The summed E-state index contributed by atoms with van der Waals surface area (Å²) in [6.45, 7) is 2.88. The Morgan fingerprint density at radius 3 is 2.80 bits per heavy atom. The number of benzene rings is 1. The van der Waals surface area contributed by atoms with E-state index in [1.807, 2.05) is 17.9 Å². The molecule has 106 valence electrons. The molecule has 5 heteroatoms. The van der Waals surface area contributed by atoms with E-state index in [0.717, 1.165) is 5.69 Å². The van der Waals surface area contributed by atoms with Gasteiger partial charge in [-0.2, -0.15) is 0 Å². The molecule has 0 heterocycles. The molecule has 0 fully saturated rings. The van der Waals surface area contributed by atoms with Gasteiger partial charge in [0.15, 0.2) is 6.61 Å².